The van der Waals surface area contributed by atoms with E-state index in [1.807, 2.05) is 27.7 Å². The molecule has 2 rings (SSSR count). The van der Waals surface area contributed by atoms with Gasteiger partial charge in [-0.2, -0.15) is 0 Å². The average molecular weight is 279 g/mol. The summed E-state index contributed by atoms with van der Waals surface area (Å²) in [5.41, 5.74) is 3.44. The number of hydrazine groups is 1. The van der Waals surface area contributed by atoms with Crippen molar-refractivity contribution >= 4 is 17.6 Å². The number of aryl methyl sites for hydroxylation is 2. The third kappa shape index (κ3) is 3.24. The van der Waals surface area contributed by atoms with E-state index in [1.165, 1.54) is 11.8 Å². The van der Waals surface area contributed by atoms with Crippen molar-refractivity contribution in [2.24, 2.45) is 5.84 Å². The third-order valence-corrected chi connectivity index (χ3v) is 3.35. The maximum absolute atomic E-state index is 5.53. The Morgan fingerprint density at radius 2 is 2.00 bits per heavy atom. The summed E-state index contributed by atoms with van der Waals surface area (Å²) in [6.07, 6.45) is 0. The van der Waals surface area contributed by atoms with E-state index >= 15 is 0 Å². The van der Waals surface area contributed by atoms with Gasteiger partial charge in [0.25, 0.3) is 5.22 Å². The van der Waals surface area contributed by atoms with E-state index in [-0.39, 0.29) is 5.92 Å². The summed E-state index contributed by atoms with van der Waals surface area (Å²) in [7, 11) is 0. The first-order chi connectivity index (χ1) is 8.99. The minimum absolute atomic E-state index is 0.223. The SMILES string of the molecule is Cc1nc(Sc2cc(NN)nc(C(C)C)n2)oc1C. The van der Waals surface area contributed by atoms with Crippen LogP contribution in [0.2, 0.25) is 0 Å². The molecule has 2 aromatic heterocycles. The lowest BCUT2D eigenvalue weighted by atomic mass is 10.2. The number of aromatic nitrogens is 3. The van der Waals surface area contributed by atoms with Crippen LogP contribution < -0.4 is 11.3 Å². The molecule has 0 atom stereocenters. The number of nitrogens with two attached hydrogens (primary N) is 1. The van der Waals surface area contributed by atoms with E-state index in [0.717, 1.165) is 22.3 Å². The highest BCUT2D eigenvalue weighted by Crippen LogP contribution is 2.29. The topological polar surface area (TPSA) is 89.9 Å². The Morgan fingerprint density at radius 3 is 2.53 bits per heavy atom. The summed E-state index contributed by atoms with van der Waals surface area (Å²) in [4.78, 5) is 13.1. The molecular formula is C12H17N5OS. The Bertz CT molecular complexity index is 562. The van der Waals surface area contributed by atoms with Gasteiger partial charge in [-0.3, -0.25) is 0 Å². The highest BCUT2D eigenvalue weighted by Gasteiger charge is 2.12. The summed E-state index contributed by atoms with van der Waals surface area (Å²) in [6, 6.07) is 1.77. The van der Waals surface area contributed by atoms with Gasteiger partial charge in [0.1, 0.15) is 22.4 Å². The van der Waals surface area contributed by atoms with Crippen molar-refractivity contribution < 1.29 is 4.42 Å². The predicted octanol–water partition coefficient (Wildman–Crippen LogP) is 2.64. The number of rotatable bonds is 4. The Labute approximate surface area is 116 Å². The highest BCUT2D eigenvalue weighted by molar-refractivity contribution is 7.99. The molecule has 0 unspecified atom stereocenters. The lowest BCUT2D eigenvalue weighted by molar-refractivity contribution is 0.431. The molecule has 7 heteroatoms. The van der Waals surface area contributed by atoms with Gasteiger partial charge in [-0.1, -0.05) is 13.8 Å². The maximum Gasteiger partial charge on any atom is 0.262 e. The van der Waals surface area contributed by atoms with Gasteiger partial charge in [0.05, 0.1) is 5.69 Å². The van der Waals surface area contributed by atoms with Gasteiger partial charge in [0, 0.05) is 12.0 Å². The fraction of sp³-hybridized carbons (Fsp3) is 0.417. The number of hydrogen-bond donors (Lipinski definition) is 2. The maximum atomic E-state index is 5.53. The van der Waals surface area contributed by atoms with Gasteiger partial charge in [-0.25, -0.2) is 20.8 Å². The molecule has 0 saturated heterocycles. The first-order valence-electron chi connectivity index (χ1n) is 5.97. The van der Waals surface area contributed by atoms with Crippen molar-refractivity contribution in [2.45, 2.75) is 43.9 Å². The molecule has 2 heterocycles. The molecule has 6 nitrogen and oxygen atoms in total. The molecule has 0 aromatic carbocycles. The number of anilines is 1. The van der Waals surface area contributed by atoms with Gasteiger partial charge in [-0.05, 0) is 25.6 Å². The first kappa shape index (κ1) is 13.8. The fourth-order valence-corrected chi connectivity index (χ4v) is 2.24. The van der Waals surface area contributed by atoms with Gasteiger partial charge in [0.2, 0.25) is 0 Å². The molecule has 102 valence electrons. The molecule has 0 aliphatic rings. The van der Waals surface area contributed by atoms with Crippen LogP contribution in [0.3, 0.4) is 0 Å². The zero-order chi connectivity index (χ0) is 14.0. The molecular weight excluding hydrogens is 262 g/mol. The first-order valence-corrected chi connectivity index (χ1v) is 6.78. The molecule has 0 bridgehead atoms. The Kier molecular flexibility index (Phi) is 4.06. The molecule has 19 heavy (non-hydrogen) atoms. The molecule has 0 saturated carbocycles. The molecule has 0 aliphatic carbocycles. The van der Waals surface area contributed by atoms with E-state index in [0.29, 0.717) is 11.0 Å². The molecule has 0 radical (unpaired) electrons. The van der Waals surface area contributed by atoms with Crippen LogP contribution in [0, 0.1) is 13.8 Å². The van der Waals surface area contributed by atoms with Crippen LogP contribution in [-0.2, 0) is 0 Å². The second kappa shape index (κ2) is 5.58. The number of oxazole rings is 1. The molecule has 0 fully saturated rings. The standard InChI is InChI=1S/C12H17N5OS/c1-6(2)11-15-9(17-13)5-10(16-11)19-12-14-7(3)8(4)18-12/h5-6H,13H2,1-4H3,(H,15,16,17). The Balaban J connectivity index is 2.31. The van der Waals surface area contributed by atoms with Crippen LogP contribution >= 0.6 is 11.8 Å². The minimum Gasteiger partial charge on any atom is -0.436 e. The van der Waals surface area contributed by atoms with Crippen LogP contribution in [0.1, 0.15) is 37.0 Å². The Hall–Kier alpha value is -1.60. The van der Waals surface area contributed by atoms with Crippen molar-refractivity contribution in [1.29, 1.82) is 0 Å². The molecule has 0 amide bonds. The van der Waals surface area contributed by atoms with E-state index in [4.69, 9.17) is 10.3 Å². The predicted molar refractivity (Wildman–Crippen MR) is 74.0 cm³/mol. The molecule has 3 N–H and O–H groups in total. The normalized spacial score (nSPS) is 11.1. The second-order valence-corrected chi connectivity index (χ2v) is 5.44. The van der Waals surface area contributed by atoms with Crippen molar-refractivity contribution in [1.82, 2.24) is 15.0 Å². The summed E-state index contributed by atoms with van der Waals surface area (Å²) in [5, 5.41) is 1.33. The van der Waals surface area contributed by atoms with E-state index in [1.54, 1.807) is 6.07 Å². The van der Waals surface area contributed by atoms with Crippen LogP contribution in [0.15, 0.2) is 20.7 Å². The number of nitrogens with zero attached hydrogens (tertiary/aromatic N) is 3. The minimum atomic E-state index is 0.223. The van der Waals surface area contributed by atoms with Crippen molar-refractivity contribution in [3.05, 3.63) is 23.3 Å². The van der Waals surface area contributed by atoms with Crippen molar-refractivity contribution in [2.75, 3.05) is 5.43 Å². The van der Waals surface area contributed by atoms with Crippen molar-refractivity contribution in [3.63, 3.8) is 0 Å². The lowest BCUT2D eigenvalue weighted by Crippen LogP contribution is -2.11. The van der Waals surface area contributed by atoms with Crippen LogP contribution in [0.4, 0.5) is 5.82 Å². The molecule has 0 aliphatic heterocycles. The summed E-state index contributed by atoms with van der Waals surface area (Å²) >= 11 is 1.36. The quantitative estimate of drug-likeness (QED) is 0.505. The summed E-state index contributed by atoms with van der Waals surface area (Å²) in [5.74, 6) is 7.78. The molecule has 2 aromatic rings. The number of nitrogen functional groups attached to an aromatic ring is 1. The molecule has 0 spiro atoms. The zero-order valence-electron chi connectivity index (χ0n) is 11.4. The lowest BCUT2D eigenvalue weighted by Gasteiger charge is -2.08. The summed E-state index contributed by atoms with van der Waals surface area (Å²) < 4.78 is 5.53. The van der Waals surface area contributed by atoms with Gasteiger partial charge >= 0.3 is 0 Å². The number of hydrogen-bond acceptors (Lipinski definition) is 7. The zero-order valence-corrected chi connectivity index (χ0v) is 12.2. The van der Waals surface area contributed by atoms with Crippen molar-refractivity contribution in [3.8, 4) is 0 Å². The highest BCUT2D eigenvalue weighted by atomic mass is 32.2. The van der Waals surface area contributed by atoms with Gasteiger partial charge in [0.15, 0.2) is 0 Å². The van der Waals surface area contributed by atoms with Gasteiger partial charge in [-0.15, -0.1) is 0 Å². The Morgan fingerprint density at radius 1 is 1.26 bits per heavy atom. The summed E-state index contributed by atoms with van der Waals surface area (Å²) in [6.45, 7) is 7.86. The second-order valence-electron chi connectivity index (χ2n) is 4.47. The largest absolute Gasteiger partial charge is 0.436 e. The van der Waals surface area contributed by atoms with E-state index in [2.05, 4.69) is 20.4 Å². The van der Waals surface area contributed by atoms with Gasteiger partial charge < -0.3 is 9.84 Å². The van der Waals surface area contributed by atoms with Crippen LogP contribution in [0.5, 0.6) is 0 Å². The average Bonchev–Trinajstić information content (AvgIpc) is 2.67. The van der Waals surface area contributed by atoms with E-state index < -0.39 is 0 Å². The third-order valence-electron chi connectivity index (χ3n) is 2.59. The smallest absolute Gasteiger partial charge is 0.262 e. The fourth-order valence-electron chi connectivity index (χ4n) is 1.40. The monoisotopic (exact) mass is 279 g/mol. The van der Waals surface area contributed by atoms with Crippen LogP contribution in [0.25, 0.3) is 0 Å². The van der Waals surface area contributed by atoms with E-state index in [9.17, 15) is 0 Å². The van der Waals surface area contributed by atoms with Crippen LogP contribution in [-0.4, -0.2) is 15.0 Å². The number of nitrogens with one attached hydrogen (secondary N) is 1.